The summed E-state index contributed by atoms with van der Waals surface area (Å²) in [6.45, 7) is 0. The van der Waals surface area contributed by atoms with Crippen LogP contribution in [0, 0.1) is 11.3 Å². The van der Waals surface area contributed by atoms with Gasteiger partial charge in [-0.1, -0.05) is 18.2 Å². The number of para-hydroxylation sites is 1. The summed E-state index contributed by atoms with van der Waals surface area (Å²) in [5.74, 6) is 0.770. The predicted octanol–water partition coefficient (Wildman–Crippen LogP) is 1.84. The minimum atomic E-state index is -0.645. The van der Waals surface area contributed by atoms with Gasteiger partial charge in [-0.15, -0.1) is 0 Å². The first-order valence-corrected chi connectivity index (χ1v) is 7.76. The highest BCUT2D eigenvalue weighted by molar-refractivity contribution is 5.64. The van der Waals surface area contributed by atoms with Gasteiger partial charge in [-0.3, -0.25) is 13.9 Å². The lowest BCUT2D eigenvalue weighted by Gasteiger charge is -2.14. The van der Waals surface area contributed by atoms with Gasteiger partial charge in [0.2, 0.25) is 0 Å². The van der Waals surface area contributed by atoms with E-state index >= 15 is 0 Å². The smallest absolute Gasteiger partial charge is 0.332 e. The van der Waals surface area contributed by atoms with Crippen molar-refractivity contribution in [1.29, 1.82) is 5.26 Å². The maximum atomic E-state index is 12.1. The molecular weight excluding hydrogens is 332 g/mol. The third-order valence-corrected chi connectivity index (χ3v) is 3.85. The van der Waals surface area contributed by atoms with Crippen molar-refractivity contribution in [2.24, 2.45) is 14.1 Å². The van der Waals surface area contributed by atoms with E-state index in [0.717, 1.165) is 10.3 Å². The van der Waals surface area contributed by atoms with E-state index in [-0.39, 0.29) is 11.4 Å². The first-order valence-electron chi connectivity index (χ1n) is 7.76. The zero-order chi connectivity index (χ0) is 18.7. The molecule has 0 radical (unpaired) electrons. The number of nitrogens with one attached hydrogen (secondary N) is 2. The summed E-state index contributed by atoms with van der Waals surface area (Å²) in [7, 11) is 2.82. The highest BCUT2D eigenvalue weighted by Gasteiger charge is 2.15. The summed E-state index contributed by atoms with van der Waals surface area (Å²) < 4.78 is 2.12. The van der Waals surface area contributed by atoms with E-state index in [0.29, 0.717) is 11.5 Å². The van der Waals surface area contributed by atoms with E-state index in [1.807, 2.05) is 36.4 Å². The van der Waals surface area contributed by atoms with E-state index in [1.165, 1.54) is 18.7 Å². The molecule has 130 valence electrons. The first-order chi connectivity index (χ1) is 12.5. The van der Waals surface area contributed by atoms with Crippen molar-refractivity contribution < 1.29 is 0 Å². The third-order valence-electron chi connectivity index (χ3n) is 3.85. The van der Waals surface area contributed by atoms with Crippen LogP contribution in [0.15, 0.2) is 58.3 Å². The highest BCUT2D eigenvalue weighted by atomic mass is 16.2. The maximum Gasteiger partial charge on any atom is 0.332 e. The summed E-state index contributed by atoms with van der Waals surface area (Å²) in [6.07, 6.45) is 1.55. The number of benzene rings is 1. The Kier molecular flexibility index (Phi) is 4.53. The molecule has 26 heavy (non-hydrogen) atoms. The van der Waals surface area contributed by atoms with Crippen LogP contribution in [0.25, 0.3) is 0 Å². The Morgan fingerprint density at radius 2 is 1.69 bits per heavy atom. The lowest BCUT2D eigenvalue weighted by atomic mass is 10.3. The number of rotatable bonds is 4. The average molecular weight is 348 g/mol. The number of pyridine rings is 1. The number of anilines is 4. The fourth-order valence-electron chi connectivity index (χ4n) is 2.44. The van der Waals surface area contributed by atoms with Gasteiger partial charge in [-0.05, 0) is 24.3 Å². The lowest BCUT2D eigenvalue weighted by Crippen LogP contribution is -2.39. The second-order valence-corrected chi connectivity index (χ2v) is 5.59. The monoisotopic (exact) mass is 348 g/mol. The van der Waals surface area contributed by atoms with Crippen LogP contribution in [0.2, 0.25) is 0 Å². The van der Waals surface area contributed by atoms with Gasteiger partial charge >= 0.3 is 5.69 Å². The van der Waals surface area contributed by atoms with E-state index in [4.69, 9.17) is 0 Å². The van der Waals surface area contributed by atoms with Crippen molar-refractivity contribution in [2.75, 3.05) is 10.6 Å². The van der Waals surface area contributed by atoms with Crippen LogP contribution in [0.3, 0.4) is 0 Å². The van der Waals surface area contributed by atoms with Crippen molar-refractivity contribution in [1.82, 2.24) is 14.1 Å². The summed E-state index contributed by atoms with van der Waals surface area (Å²) in [5, 5.41) is 15.4. The molecule has 3 rings (SSSR count). The molecule has 0 fully saturated rings. The van der Waals surface area contributed by atoms with E-state index < -0.39 is 11.2 Å². The van der Waals surface area contributed by atoms with Crippen molar-refractivity contribution in [3.05, 3.63) is 75.1 Å². The fraction of sp³-hybridized carbons (Fsp3) is 0.111. The summed E-state index contributed by atoms with van der Waals surface area (Å²) in [6, 6.07) is 14.9. The van der Waals surface area contributed by atoms with Crippen LogP contribution >= 0.6 is 0 Å². The Morgan fingerprint density at radius 1 is 0.962 bits per heavy atom. The van der Waals surface area contributed by atoms with Gasteiger partial charge in [-0.2, -0.15) is 5.26 Å². The first kappa shape index (κ1) is 17.0. The highest BCUT2D eigenvalue weighted by Crippen LogP contribution is 2.19. The largest absolute Gasteiger partial charge is 0.340 e. The molecule has 0 aliphatic carbocycles. The molecule has 0 atom stereocenters. The van der Waals surface area contributed by atoms with Crippen LogP contribution in [0.1, 0.15) is 5.56 Å². The normalized spacial score (nSPS) is 10.2. The molecule has 0 aliphatic heterocycles. The molecule has 8 heteroatoms. The van der Waals surface area contributed by atoms with Gasteiger partial charge in [0, 0.05) is 19.8 Å². The minimum absolute atomic E-state index is 0.131. The van der Waals surface area contributed by atoms with Crippen LogP contribution in [0.4, 0.5) is 23.0 Å². The lowest BCUT2D eigenvalue weighted by molar-refractivity contribution is 0.689. The molecule has 8 nitrogen and oxygen atoms in total. The molecule has 3 aromatic rings. The van der Waals surface area contributed by atoms with Gasteiger partial charge in [0.15, 0.2) is 5.56 Å². The molecule has 0 spiro atoms. The van der Waals surface area contributed by atoms with Gasteiger partial charge in [0.25, 0.3) is 5.56 Å². The Labute approximate surface area is 149 Å². The standard InChI is InChI=1S/C18H16N6O2/c1-23-16(14(10-19)17(25)24(2)18(23)26)22-13-8-9-15(20-11-13)21-12-6-4-3-5-7-12/h3-9,11,22H,1-2H3,(H,20,21). The predicted molar refractivity (Wildman–Crippen MR) is 98.9 cm³/mol. The number of hydrogen-bond donors (Lipinski definition) is 2. The molecule has 2 aromatic heterocycles. The molecule has 0 saturated carbocycles. The maximum absolute atomic E-state index is 12.1. The van der Waals surface area contributed by atoms with Crippen molar-refractivity contribution in [3.8, 4) is 6.07 Å². The Morgan fingerprint density at radius 3 is 2.31 bits per heavy atom. The van der Waals surface area contributed by atoms with Gasteiger partial charge in [0.1, 0.15) is 17.7 Å². The Hall–Kier alpha value is -3.86. The van der Waals surface area contributed by atoms with Gasteiger partial charge < -0.3 is 10.6 Å². The molecule has 2 N–H and O–H groups in total. The third kappa shape index (κ3) is 3.18. The SMILES string of the molecule is Cn1c(Nc2ccc(Nc3ccccc3)nc2)c(C#N)c(=O)n(C)c1=O. The van der Waals surface area contributed by atoms with E-state index in [2.05, 4.69) is 15.6 Å². The quantitative estimate of drug-likeness (QED) is 0.745. The molecule has 0 amide bonds. The van der Waals surface area contributed by atoms with Gasteiger partial charge in [-0.25, -0.2) is 9.78 Å². The van der Waals surface area contributed by atoms with Crippen molar-refractivity contribution >= 4 is 23.0 Å². The van der Waals surface area contributed by atoms with Crippen molar-refractivity contribution in [2.45, 2.75) is 0 Å². The molecular formula is C18H16N6O2. The molecule has 1 aromatic carbocycles. The van der Waals surface area contributed by atoms with E-state index in [9.17, 15) is 14.9 Å². The van der Waals surface area contributed by atoms with Crippen LogP contribution in [0.5, 0.6) is 0 Å². The zero-order valence-electron chi connectivity index (χ0n) is 14.2. The van der Waals surface area contributed by atoms with Crippen molar-refractivity contribution in [3.63, 3.8) is 0 Å². The van der Waals surface area contributed by atoms with Crippen LogP contribution < -0.4 is 21.9 Å². The van der Waals surface area contributed by atoms with Crippen LogP contribution in [-0.2, 0) is 14.1 Å². The summed E-state index contributed by atoms with van der Waals surface area (Å²) in [4.78, 5) is 28.5. The topological polar surface area (TPSA) is 105 Å². The van der Waals surface area contributed by atoms with Gasteiger partial charge in [0.05, 0.1) is 11.9 Å². The molecule has 0 saturated heterocycles. The average Bonchev–Trinajstić information content (AvgIpc) is 2.67. The zero-order valence-corrected chi connectivity index (χ0v) is 14.2. The Bertz CT molecular complexity index is 1090. The second-order valence-electron chi connectivity index (χ2n) is 5.59. The molecule has 2 heterocycles. The Balaban J connectivity index is 1.90. The number of nitriles is 1. The molecule has 0 bridgehead atoms. The number of nitrogens with zero attached hydrogens (tertiary/aromatic N) is 4. The summed E-state index contributed by atoms with van der Waals surface area (Å²) >= 11 is 0. The minimum Gasteiger partial charge on any atom is -0.340 e. The number of hydrogen-bond acceptors (Lipinski definition) is 6. The summed E-state index contributed by atoms with van der Waals surface area (Å²) in [5.41, 5.74) is 0.145. The van der Waals surface area contributed by atoms with Crippen LogP contribution in [-0.4, -0.2) is 14.1 Å². The molecule has 0 aliphatic rings. The number of aromatic nitrogens is 3. The van der Waals surface area contributed by atoms with E-state index in [1.54, 1.807) is 18.3 Å². The fourth-order valence-corrected chi connectivity index (χ4v) is 2.44. The molecule has 0 unspecified atom stereocenters. The second kappa shape index (κ2) is 6.94.